The molecule has 1 N–H and O–H groups in total. The fourth-order valence-electron chi connectivity index (χ4n) is 3.58. The summed E-state index contributed by atoms with van der Waals surface area (Å²) in [5, 5.41) is 2.63. The Morgan fingerprint density at radius 3 is 2.40 bits per heavy atom. The topological polar surface area (TPSA) is 49.4 Å². The van der Waals surface area contributed by atoms with Crippen molar-refractivity contribution in [2.45, 2.75) is 46.5 Å². The molecule has 0 heterocycles. The normalized spacial score (nSPS) is 20.8. The summed E-state index contributed by atoms with van der Waals surface area (Å²) in [5.74, 6) is -0.0341. The van der Waals surface area contributed by atoms with Crippen molar-refractivity contribution in [2.24, 2.45) is 17.3 Å². The Morgan fingerprint density at radius 2 is 1.84 bits per heavy atom. The molecule has 1 aromatic carbocycles. The molecule has 25 heavy (non-hydrogen) atoms. The first-order valence-corrected chi connectivity index (χ1v) is 8.97. The van der Waals surface area contributed by atoms with Gasteiger partial charge in [0.25, 0.3) is 0 Å². The smallest absolute Gasteiger partial charge is 0.243 e. The van der Waals surface area contributed by atoms with Gasteiger partial charge in [-0.15, -0.1) is 0 Å². The lowest BCUT2D eigenvalue weighted by Gasteiger charge is -2.37. The lowest BCUT2D eigenvalue weighted by atomic mass is 9.69. The molecule has 0 aliphatic heterocycles. The van der Waals surface area contributed by atoms with Crippen LogP contribution in [0.25, 0.3) is 0 Å². The molecule has 138 valence electrons. The summed E-state index contributed by atoms with van der Waals surface area (Å²) in [4.78, 5) is 26.1. The number of nitrogens with zero attached hydrogens (tertiary/aromatic N) is 1. The quantitative estimate of drug-likeness (QED) is 0.891. The van der Waals surface area contributed by atoms with E-state index < -0.39 is 5.82 Å². The van der Waals surface area contributed by atoms with Crippen LogP contribution in [0.2, 0.25) is 0 Å². The maximum absolute atomic E-state index is 13.2. The number of rotatable bonds is 4. The summed E-state index contributed by atoms with van der Waals surface area (Å²) < 4.78 is 13.2. The Hall–Kier alpha value is -1.91. The first-order chi connectivity index (χ1) is 11.7. The number of hydrogen-bond donors (Lipinski definition) is 1. The third-order valence-corrected chi connectivity index (χ3v) is 5.17. The van der Waals surface area contributed by atoms with Gasteiger partial charge in [0.2, 0.25) is 11.8 Å². The first-order valence-electron chi connectivity index (χ1n) is 8.97. The number of carbonyl (C=O) groups is 2. The van der Waals surface area contributed by atoms with E-state index in [1.807, 2.05) is 0 Å². The van der Waals surface area contributed by atoms with Crippen LogP contribution in [0, 0.1) is 23.1 Å². The minimum atomic E-state index is -0.405. The third-order valence-electron chi connectivity index (χ3n) is 5.17. The van der Waals surface area contributed by atoms with Crippen LogP contribution in [-0.2, 0) is 9.59 Å². The van der Waals surface area contributed by atoms with Crippen LogP contribution < -0.4 is 5.32 Å². The van der Waals surface area contributed by atoms with E-state index in [0.717, 1.165) is 25.7 Å². The van der Waals surface area contributed by atoms with Crippen LogP contribution in [0.3, 0.4) is 0 Å². The van der Waals surface area contributed by atoms with Crippen LogP contribution in [-0.4, -0.2) is 30.3 Å². The Kier molecular flexibility index (Phi) is 6.20. The number of likely N-dealkylation sites (N-methyl/N-ethyl adjacent to an activating group) is 1. The molecule has 1 aromatic rings. The Morgan fingerprint density at radius 1 is 1.20 bits per heavy atom. The van der Waals surface area contributed by atoms with Gasteiger partial charge in [-0.05, 0) is 55.2 Å². The van der Waals surface area contributed by atoms with Crippen LogP contribution >= 0.6 is 0 Å². The van der Waals surface area contributed by atoms with Gasteiger partial charge in [-0.3, -0.25) is 9.59 Å². The highest BCUT2D eigenvalue weighted by molar-refractivity contribution is 5.94. The summed E-state index contributed by atoms with van der Waals surface area (Å²) in [7, 11) is 1.66. The van der Waals surface area contributed by atoms with Gasteiger partial charge in [0, 0.05) is 18.7 Å². The van der Waals surface area contributed by atoms with Crippen molar-refractivity contribution in [3.63, 3.8) is 0 Å². The number of amides is 2. The maximum atomic E-state index is 13.2. The standard InChI is InChI=1S/C20H29FN2O2/c1-20(2,3)15-10-8-14(9-11-15)19(25)23(4)13-18(24)22-17-7-5-6-16(21)12-17/h5-7,12,14-15H,8-11,13H2,1-4H3,(H,22,24). The molecule has 0 spiro atoms. The predicted octanol–water partition coefficient (Wildman–Crippen LogP) is 4.08. The third kappa shape index (κ3) is 5.55. The number of nitrogens with one attached hydrogen (secondary N) is 1. The van der Waals surface area contributed by atoms with Crippen molar-refractivity contribution in [3.8, 4) is 0 Å². The number of carbonyl (C=O) groups excluding carboxylic acids is 2. The molecule has 2 rings (SSSR count). The van der Waals surface area contributed by atoms with E-state index in [1.165, 1.54) is 23.1 Å². The number of benzene rings is 1. The van der Waals surface area contributed by atoms with Crippen LogP contribution in [0.4, 0.5) is 10.1 Å². The summed E-state index contributed by atoms with van der Waals surface area (Å²) in [6, 6.07) is 5.73. The molecule has 0 radical (unpaired) electrons. The van der Waals surface area contributed by atoms with Crippen LogP contribution in [0.15, 0.2) is 24.3 Å². The molecule has 0 saturated heterocycles. The molecule has 4 nitrogen and oxygen atoms in total. The van der Waals surface area contributed by atoms with Gasteiger partial charge >= 0.3 is 0 Å². The Bertz CT molecular complexity index is 616. The van der Waals surface area contributed by atoms with Crippen molar-refractivity contribution in [2.75, 3.05) is 18.9 Å². The van der Waals surface area contributed by atoms with Crippen LogP contribution in [0.1, 0.15) is 46.5 Å². The number of anilines is 1. The molecule has 1 aliphatic carbocycles. The second-order valence-electron chi connectivity index (χ2n) is 8.17. The molecule has 0 atom stereocenters. The van der Waals surface area contributed by atoms with Crippen molar-refractivity contribution in [3.05, 3.63) is 30.1 Å². The fraction of sp³-hybridized carbons (Fsp3) is 0.600. The van der Waals surface area contributed by atoms with E-state index >= 15 is 0 Å². The van der Waals surface area contributed by atoms with E-state index in [1.54, 1.807) is 13.1 Å². The second kappa shape index (κ2) is 7.98. The van der Waals surface area contributed by atoms with E-state index in [-0.39, 0.29) is 29.7 Å². The summed E-state index contributed by atoms with van der Waals surface area (Å²) in [6.07, 6.45) is 3.89. The van der Waals surface area contributed by atoms with Gasteiger partial charge in [0.1, 0.15) is 5.82 Å². The van der Waals surface area contributed by atoms with Gasteiger partial charge < -0.3 is 10.2 Å². The average molecular weight is 348 g/mol. The molecular weight excluding hydrogens is 319 g/mol. The predicted molar refractivity (Wildman–Crippen MR) is 97.6 cm³/mol. The van der Waals surface area contributed by atoms with Gasteiger partial charge in [0.15, 0.2) is 0 Å². The molecule has 5 heteroatoms. The minimum absolute atomic E-state index is 0.00516. The van der Waals surface area contributed by atoms with Crippen molar-refractivity contribution in [1.29, 1.82) is 0 Å². The van der Waals surface area contributed by atoms with Crippen molar-refractivity contribution in [1.82, 2.24) is 4.90 Å². The molecule has 1 fully saturated rings. The Balaban J connectivity index is 1.83. The zero-order valence-electron chi connectivity index (χ0n) is 15.6. The largest absolute Gasteiger partial charge is 0.336 e. The molecule has 0 bridgehead atoms. The van der Waals surface area contributed by atoms with Gasteiger partial charge in [-0.1, -0.05) is 26.8 Å². The molecule has 0 unspecified atom stereocenters. The molecule has 2 amide bonds. The zero-order chi connectivity index (χ0) is 18.6. The zero-order valence-corrected chi connectivity index (χ0v) is 15.6. The number of halogens is 1. The highest BCUT2D eigenvalue weighted by Gasteiger charge is 2.33. The van der Waals surface area contributed by atoms with E-state index in [9.17, 15) is 14.0 Å². The monoisotopic (exact) mass is 348 g/mol. The lowest BCUT2D eigenvalue weighted by Crippen LogP contribution is -2.40. The maximum Gasteiger partial charge on any atom is 0.243 e. The fourth-order valence-corrected chi connectivity index (χ4v) is 3.58. The lowest BCUT2D eigenvalue weighted by molar-refractivity contribution is -0.138. The molecule has 1 saturated carbocycles. The van der Waals surface area contributed by atoms with E-state index in [2.05, 4.69) is 26.1 Å². The second-order valence-corrected chi connectivity index (χ2v) is 8.17. The number of hydrogen-bond acceptors (Lipinski definition) is 2. The molecular formula is C20H29FN2O2. The van der Waals surface area contributed by atoms with Crippen molar-refractivity contribution < 1.29 is 14.0 Å². The highest BCUT2D eigenvalue weighted by atomic mass is 19.1. The van der Waals surface area contributed by atoms with Gasteiger partial charge in [-0.25, -0.2) is 4.39 Å². The van der Waals surface area contributed by atoms with E-state index in [0.29, 0.717) is 11.6 Å². The average Bonchev–Trinajstić information content (AvgIpc) is 2.53. The van der Waals surface area contributed by atoms with Gasteiger partial charge in [0.05, 0.1) is 6.54 Å². The summed E-state index contributed by atoms with van der Waals surface area (Å²) in [5.41, 5.74) is 0.682. The highest BCUT2D eigenvalue weighted by Crippen LogP contribution is 2.40. The minimum Gasteiger partial charge on any atom is -0.336 e. The van der Waals surface area contributed by atoms with Gasteiger partial charge in [-0.2, -0.15) is 0 Å². The summed E-state index contributed by atoms with van der Waals surface area (Å²) >= 11 is 0. The van der Waals surface area contributed by atoms with Crippen LogP contribution in [0.5, 0.6) is 0 Å². The first kappa shape index (κ1) is 19.4. The van der Waals surface area contributed by atoms with E-state index in [4.69, 9.17) is 0 Å². The van der Waals surface area contributed by atoms with Crippen molar-refractivity contribution >= 4 is 17.5 Å². The summed E-state index contributed by atoms with van der Waals surface area (Å²) in [6.45, 7) is 6.74. The SMILES string of the molecule is CN(CC(=O)Nc1cccc(F)c1)C(=O)C1CCC(C(C)(C)C)CC1. The molecule has 1 aliphatic rings. The Labute approximate surface area is 149 Å². The molecule has 0 aromatic heterocycles.